The van der Waals surface area contributed by atoms with E-state index in [-0.39, 0.29) is 5.91 Å². The van der Waals surface area contributed by atoms with E-state index in [1.54, 1.807) is 12.1 Å². The number of hydrazine groups is 1. The Morgan fingerprint density at radius 2 is 1.83 bits per heavy atom. The first kappa shape index (κ1) is 12.1. The lowest BCUT2D eigenvalue weighted by Gasteiger charge is -2.10. The van der Waals surface area contributed by atoms with Crippen LogP contribution in [0.4, 0.5) is 0 Å². The Hall–Kier alpha value is -2.39. The highest BCUT2D eigenvalue weighted by atomic mass is 16.2. The lowest BCUT2D eigenvalue weighted by molar-refractivity contribution is 0.0953. The largest absolute Gasteiger partial charge is 0.290 e. The van der Waals surface area contributed by atoms with Crippen molar-refractivity contribution in [2.24, 2.45) is 5.84 Å². The number of benzene rings is 2. The number of carbonyl (C=O) groups is 1. The van der Waals surface area contributed by atoms with Gasteiger partial charge in [-0.05, 0) is 22.8 Å². The first-order valence-corrected chi connectivity index (χ1v) is 5.59. The van der Waals surface area contributed by atoms with E-state index in [0.29, 0.717) is 5.56 Å². The molecule has 3 N–H and O–H groups in total. The van der Waals surface area contributed by atoms with Crippen molar-refractivity contribution in [3.05, 3.63) is 66.2 Å². The van der Waals surface area contributed by atoms with Crippen molar-refractivity contribution in [1.82, 2.24) is 5.43 Å². The molecule has 90 valence electrons. The number of carbonyl (C=O) groups excluding carboxylic acids is 1. The second-order valence-electron chi connectivity index (χ2n) is 3.81. The minimum atomic E-state index is -0.317. The van der Waals surface area contributed by atoms with Crippen molar-refractivity contribution < 1.29 is 4.79 Å². The van der Waals surface area contributed by atoms with Crippen LogP contribution in [0.15, 0.2) is 55.1 Å². The molecule has 0 atom stereocenters. The molecular formula is C15H14N2O. The molecular weight excluding hydrogens is 224 g/mol. The number of nitrogen functional groups attached to an aromatic ring is 1. The molecule has 0 bridgehead atoms. The lowest BCUT2D eigenvalue weighted by Crippen LogP contribution is -2.30. The molecule has 0 saturated heterocycles. The molecule has 0 fully saturated rings. The zero-order chi connectivity index (χ0) is 13.0. The number of hydrogen-bond acceptors (Lipinski definition) is 2. The van der Waals surface area contributed by atoms with Gasteiger partial charge in [0.25, 0.3) is 5.91 Å². The maximum absolute atomic E-state index is 11.7. The van der Waals surface area contributed by atoms with Gasteiger partial charge in [0.2, 0.25) is 0 Å². The van der Waals surface area contributed by atoms with Crippen molar-refractivity contribution in [3.63, 3.8) is 0 Å². The standard InChI is InChI=1S/C15H14N2O/c1-2-12-13(11-7-4-3-5-8-11)9-6-10-14(12)15(18)17-16/h2-10H,1,16H2,(H,17,18). The molecule has 2 rings (SSSR count). The summed E-state index contributed by atoms with van der Waals surface area (Å²) in [5, 5.41) is 0. The van der Waals surface area contributed by atoms with Crippen LogP contribution in [0.3, 0.4) is 0 Å². The van der Waals surface area contributed by atoms with Gasteiger partial charge in [0, 0.05) is 5.56 Å². The van der Waals surface area contributed by atoms with E-state index >= 15 is 0 Å². The number of amides is 1. The van der Waals surface area contributed by atoms with Gasteiger partial charge in [-0.25, -0.2) is 5.84 Å². The zero-order valence-electron chi connectivity index (χ0n) is 9.89. The van der Waals surface area contributed by atoms with Crippen molar-refractivity contribution in [2.75, 3.05) is 0 Å². The first-order valence-electron chi connectivity index (χ1n) is 5.59. The van der Waals surface area contributed by atoms with Crippen LogP contribution >= 0.6 is 0 Å². The molecule has 0 aliphatic rings. The van der Waals surface area contributed by atoms with Crippen molar-refractivity contribution in [1.29, 1.82) is 0 Å². The predicted molar refractivity (Wildman–Crippen MR) is 73.6 cm³/mol. The maximum atomic E-state index is 11.7. The average Bonchev–Trinajstić information content (AvgIpc) is 2.46. The Morgan fingerprint density at radius 3 is 2.44 bits per heavy atom. The van der Waals surface area contributed by atoms with Crippen LogP contribution in [0, 0.1) is 0 Å². The Bertz CT molecular complexity index is 576. The van der Waals surface area contributed by atoms with Crippen molar-refractivity contribution >= 4 is 12.0 Å². The smallest absolute Gasteiger partial charge is 0.265 e. The third-order valence-electron chi connectivity index (χ3n) is 2.77. The minimum Gasteiger partial charge on any atom is -0.290 e. The molecule has 0 spiro atoms. The summed E-state index contributed by atoms with van der Waals surface area (Å²) >= 11 is 0. The van der Waals surface area contributed by atoms with Gasteiger partial charge in [0.05, 0.1) is 0 Å². The van der Waals surface area contributed by atoms with Crippen LogP contribution in [0.2, 0.25) is 0 Å². The first-order chi connectivity index (χ1) is 8.77. The molecule has 0 heterocycles. The third-order valence-corrected chi connectivity index (χ3v) is 2.77. The van der Waals surface area contributed by atoms with E-state index < -0.39 is 0 Å². The van der Waals surface area contributed by atoms with Crippen LogP contribution in [-0.4, -0.2) is 5.91 Å². The van der Waals surface area contributed by atoms with Crippen LogP contribution in [0.25, 0.3) is 17.2 Å². The van der Waals surface area contributed by atoms with E-state index in [9.17, 15) is 4.79 Å². The summed E-state index contributed by atoms with van der Waals surface area (Å²) in [4.78, 5) is 11.7. The molecule has 3 nitrogen and oxygen atoms in total. The Morgan fingerprint density at radius 1 is 1.11 bits per heavy atom. The van der Waals surface area contributed by atoms with Gasteiger partial charge in [-0.3, -0.25) is 10.2 Å². The van der Waals surface area contributed by atoms with Crippen LogP contribution in [0.1, 0.15) is 15.9 Å². The number of rotatable bonds is 3. The fraction of sp³-hybridized carbons (Fsp3) is 0. The molecule has 3 heteroatoms. The fourth-order valence-corrected chi connectivity index (χ4v) is 1.93. The summed E-state index contributed by atoms with van der Waals surface area (Å²) in [5.41, 5.74) is 5.46. The predicted octanol–water partition coefficient (Wildman–Crippen LogP) is 2.60. The van der Waals surface area contributed by atoms with E-state index in [2.05, 4.69) is 12.0 Å². The SMILES string of the molecule is C=Cc1c(C(=O)NN)cccc1-c1ccccc1. The third kappa shape index (κ3) is 2.17. The second kappa shape index (κ2) is 5.29. The summed E-state index contributed by atoms with van der Waals surface area (Å²) in [6, 6.07) is 15.4. The van der Waals surface area contributed by atoms with Crippen LogP contribution < -0.4 is 11.3 Å². The number of nitrogens with two attached hydrogens (primary N) is 1. The summed E-state index contributed by atoms with van der Waals surface area (Å²) in [7, 11) is 0. The van der Waals surface area contributed by atoms with Gasteiger partial charge >= 0.3 is 0 Å². The Kier molecular flexibility index (Phi) is 3.55. The molecule has 2 aromatic rings. The molecule has 0 saturated carbocycles. The zero-order valence-corrected chi connectivity index (χ0v) is 9.89. The van der Waals surface area contributed by atoms with Crippen LogP contribution in [-0.2, 0) is 0 Å². The van der Waals surface area contributed by atoms with E-state index in [1.165, 1.54) is 0 Å². The summed E-state index contributed by atoms with van der Waals surface area (Å²) in [6.07, 6.45) is 1.67. The number of nitrogens with one attached hydrogen (secondary N) is 1. The van der Waals surface area contributed by atoms with Gasteiger partial charge in [0.1, 0.15) is 0 Å². The molecule has 0 aromatic heterocycles. The molecule has 2 aromatic carbocycles. The monoisotopic (exact) mass is 238 g/mol. The topological polar surface area (TPSA) is 55.1 Å². The molecule has 1 amide bonds. The van der Waals surface area contributed by atoms with Gasteiger partial charge in [-0.2, -0.15) is 0 Å². The quantitative estimate of drug-likeness (QED) is 0.490. The van der Waals surface area contributed by atoms with Gasteiger partial charge in [-0.1, -0.05) is 55.1 Å². The summed E-state index contributed by atoms with van der Waals surface area (Å²) in [5.74, 6) is 4.87. The van der Waals surface area contributed by atoms with Crippen molar-refractivity contribution in [2.45, 2.75) is 0 Å². The highest BCUT2D eigenvalue weighted by molar-refractivity contribution is 6.00. The van der Waals surface area contributed by atoms with Gasteiger partial charge in [0.15, 0.2) is 0 Å². The normalized spacial score (nSPS) is 9.83. The number of hydrogen-bond donors (Lipinski definition) is 2. The minimum absolute atomic E-state index is 0.317. The molecule has 0 aliphatic heterocycles. The van der Waals surface area contributed by atoms with E-state index in [0.717, 1.165) is 16.7 Å². The Balaban J connectivity index is 2.62. The average molecular weight is 238 g/mol. The van der Waals surface area contributed by atoms with E-state index in [4.69, 9.17) is 5.84 Å². The van der Waals surface area contributed by atoms with E-state index in [1.807, 2.05) is 42.5 Å². The molecule has 0 aliphatic carbocycles. The highest BCUT2D eigenvalue weighted by Gasteiger charge is 2.12. The van der Waals surface area contributed by atoms with Gasteiger partial charge < -0.3 is 0 Å². The summed E-state index contributed by atoms with van der Waals surface area (Å²) < 4.78 is 0. The van der Waals surface area contributed by atoms with Crippen molar-refractivity contribution in [3.8, 4) is 11.1 Å². The van der Waals surface area contributed by atoms with Gasteiger partial charge in [-0.15, -0.1) is 0 Å². The molecule has 0 radical (unpaired) electrons. The molecule has 0 unspecified atom stereocenters. The lowest BCUT2D eigenvalue weighted by atomic mass is 9.95. The summed E-state index contributed by atoms with van der Waals surface area (Å²) in [6.45, 7) is 3.77. The fourth-order valence-electron chi connectivity index (χ4n) is 1.93. The van der Waals surface area contributed by atoms with Crippen LogP contribution in [0.5, 0.6) is 0 Å². The maximum Gasteiger partial charge on any atom is 0.265 e. The Labute approximate surface area is 106 Å². The second-order valence-corrected chi connectivity index (χ2v) is 3.81. The highest BCUT2D eigenvalue weighted by Crippen LogP contribution is 2.27. The molecule has 18 heavy (non-hydrogen) atoms.